The smallest absolute Gasteiger partial charge is 0.285 e. The monoisotopic (exact) mass is 328 g/mol. The third-order valence-corrected chi connectivity index (χ3v) is 11.3. The number of thiophene rings is 2. The van der Waals surface area contributed by atoms with Crippen LogP contribution < -0.4 is 19.8 Å². The van der Waals surface area contributed by atoms with Gasteiger partial charge in [0.05, 0.1) is 12.5 Å². The average molecular weight is 328 g/mol. The summed E-state index contributed by atoms with van der Waals surface area (Å²) in [5.41, 5.74) is 0. The van der Waals surface area contributed by atoms with Crippen molar-refractivity contribution in [3.63, 3.8) is 0 Å². The van der Waals surface area contributed by atoms with Gasteiger partial charge in [0.2, 0.25) is 0 Å². The zero-order chi connectivity index (χ0) is 14.1. The highest BCUT2D eigenvalue weighted by atomic mass is 32.1. The Kier molecular flexibility index (Phi) is 3.18. The molecule has 0 aliphatic carbocycles. The van der Waals surface area contributed by atoms with Gasteiger partial charge in [0.15, 0.2) is 0 Å². The van der Waals surface area contributed by atoms with Gasteiger partial charge in [-0.3, -0.25) is 0 Å². The van der Waals surface area contributed by atoms with Gasteiger partial charge in [-0.25, -0.2) is 0 Å². The normalized spacial score (nSPS) is 11.8. The molecule has 5 heteroatoms. The van der Waals surface area contributed by atoms with Crippen LogP contribution >= 0.6 is 22.7 Å². The molecule has 0 bridgehead atoms. The fourth-order valence-corrected chi connectivity index (χ4v) is 10.8. The Balaban J connectivity index is 2.10. The van der Waals surface area contributed by atoms with E-state index in [-0.39, 0.29) is 0 Å². The first-order valence-electron chi connectivity index (χ1n) is 6.58. The molecular weight excluding hydrogens is 316 g/mol. The second-order valence-corrected chi connectivity index (χ2v) is 10.8. The van der Waals surface area contributed by atoms with E-state index < -0.39 is 8.07 Å². The van der Waals surface area contributed by atoms with Crippen LogP contribution in [-0.4, -0.2) is 8.07 Å². The molecule has 4 aromatic rings. The largest absolute Gasteiger partial charge is 0.473 e. The molecule has 2 nitrogen and oxygen atoms in total. The fraction of sp³-hybridized carbons (Fsp3) is 0. The van der Waals surface area contributed by atoms with Gasteiger partial charge in [-0.1, -0.05) is 24.3 Å². The molecule has 0 aromatic carbocycles. The van der Waals surface area contributed by atoms with Crippen LogP contribution in [0.4, 0.5) is 0 Å². The molecule has 0 atom stereocenters. The maximum absolute atomic E-state index is 5.89. The van der Waals surface area contributed by atoms with Crippen LogP contribution in [0.1, 0.15) is 0 Å². The van der Waals surface area contributed by atoms with Gasteiger partial charge in [-0.05, 0) is 35.0 Å². The number of hydrogen-bond acceptors (Lipinski definition) is 4. The Bertz CT molecular complexity index is 642. The predicted octanol–water partition coefficient (Wildman–Crippen LogP) is 2.37. The van der Waals surface area contributed by atoms with Crippen LogP contribution in [0.3, 0.4) is 0 Å². The lowest BCUT2D eigenvalue weighted by Gasteiger charge is -2.25. The summed E-state index contributed by atoms with van der Waals surface area (Å²) in [7, 11) is -2.39. The van der Waals surface area contributed by atoms with Crippen LogP contribution in [0, 0.1) is 0 Å². The molecular formula is C16H12O2S2Si. The minimum atomic E-state index is -2.39. The molecule has 4 heterocycles. The Labute approximate surface area is 131 Å². The molecule has 4 rings (SSSR count). The fourth-order valence-electron chi connectivity index (χ4n) is 2.70. The van der Waals surface area contributed by atoms with E-state index in [9.17, 15) is 0 Å². The van der Waals surface area contributed by atoms with Crippen molar-refractivity contribution in [3.05, 3.63) is 71.8 Å². The Morgan fingerprint density at radius 1 is 0.667 bits per heavy atom. The second-order valence-electron chi connectivity index (χ2n) is 4.66. The quantitative estimate of drug-likeness (QED) is 0.538. The highest BCUT2D eigenvalue weighted by Crippen LogP contribution is 2.14. The van der Waals surface area contributed by atoms with E-state index in [1.165, 1.54) is 9.00 Å². The van der Waals surface area contributed by atoms with Gasteiger partial charge in [0.1, 0.15) is 10.8 Å². The summed E-state index contributed by atoms with van der Waals surface area (Å²) in [5, 5.41) is 6.28. The molecule has 0 aliphatic rings. The zero-order valence-electron chi connectivity index (χ0n) is 11.1. The molecule has 4 aromatic heterocycles. The summed E-state index contributed by atoms with van der Waals surface area (Å²) in [4.78, 5) is 0. The molecule has 0 N–H and O–H groups in total. The van der Waals surface area contributed by atoms with E-state index in [1.807, 2.05) is 12.1 Å². The number of hydrogen-bond donors (Lipinski definition) is 0. The lowest BCUT2D eigenvalue weighted by atomic mass is 10.7. The van der Waals surface area contributed by atoms with Gasteiger partial charge in [-0.2, -0.15) is 22.7 Å². The highest BCUT2D eigenvalue weighted by Gasteiger charge is 2.49. The van der Waals surface area contributed by atoms with E-state index in [4.69, 9.17) is 8.83 Å². The maximum atomic E-state index is 5.89. The van der Waals surface area contributed by atoms with Gasteiger partial charge >= 0.3 is 0 Å². The average Bonchev–Trinajstić information content (AvgIpc) is 3.32. The van der Waals surface area contributed by atoms with Crippen molar-refractivity contribution in [2.45, 2.75) is 0 Å². The summed E-state index contributed by atoms with van der Waals surface area (Å²) >= 11 is 3.55. The molecule has 0 fully saturated rings. The van der Waals surface area contributed by atoms with Crippen LogP contribution in [0.15, 0.2) is 80.7 Å². The third-order valence-electron chi connectivity index (χ3n) is 3.56. The highest BCUT2D eigenvalue weighted by molar-refractivity contribution is 7.42. The summed E-state index contributed by atoms with van der Waals surface area (Å²) in [6, 6.07) is 16.7. The Morgan fingerprint density at radius 2 is 1.19 bits per heavy atom. The van der Waals surface area contributed by atoms with Gasteiger partial charge in [-0.15, -0.1) is 0 Å². The van der Waals surface area contributed by atoms with Gasteiger partial charge in [0, 0.05) is 9.00 Å². The molecule has 0 saturated carbocycles. The minimum Gasteiger partial charge on any atom is -0.473 e. The summed E-state index contributed by atoms with van der Waals surface area (Å²) in [6.45, 7) is 0. The van der Waals surface area contributed by atoms with E-state index in [0.717, 1.165) is 10.8 Å². The SMILES string of the molecule is c1coc([Si](c2ccco2)(c2cccs2)c2cccs2)c1. The number of furan rings is 2. The lowest BCUT2D eigenvalue weighted by Crippen LogP contribution is -2.72. The van der Waals surface area contributed by atoms with Crippen molar-refractivity contribution in [3.8, 4) is 0 Å². The molecule has 0 spiro atoms. The summed E-state index contributed by atoms with van der Waals surface area (Å²) in [6.07, 6.45) is 3.50. The van der Waals surface area contributed by atoms with Crippen molar-refractivity contribution < 1.29 is 8.83 Å². The first kappa shape index (κ1) is 12.9. The molecule has 104 valence electrons. The zero-order valence-corrected chi connectivity index (χ0v) is 13.7. The molecule has 0 saturated heterocycles. The van der Waals surface area contributed by atoms with Crippen molar-refractivity contribution in [2.75, 3.05) is 0 Å². The topological polar surface area (TPSA) is 26.3 Å². The van der Waals surface area contributed by atoms with Crippen LogP contribution in [0.2, 0.25) is 0 Å². The standard InChI is InChI=1S/C16H12O2S2Si/c1-5-13(17-9-1)21(14-6-2-10-18-14,15-7-3-11-19-15)16-8-4-12-20-16/h1-12H. The first-order valence-corrected chi connectivity index (χ1v) is 10.3. The number of rotatable bonds is 4. The van der Waals surface area contributed by atoms with Crippen LogP contribution in [0.25, 0.3) is 0 Å². The second kappa shape index (κ2) is 5.18. The minimum absolute atomic E-state index is 1.02. The van der Waals surface area contributed by atoms with Gasteiger partial charge in [0.25, 0.3) is 8.07 Å². The van der Waals surface area contributed by atoms with E-state index >= 15 is 0 Å². The van der Waals surface area contributed by atoms with Crippen molar-refractivity contribution in [2.24, 2.45) is 0 Å². The van der Waals surface area contributed by atoms with E-state index in [1.54, 1.807) is 35.2 Å². The van der Waals surface area contributed by atoms with Gasteiger partial charge < -0.3 is 8.83 Å². The third kappa shape index (κ3) is 1.89. The summed E-state index contributed by atoms with van der Waals surface area (Å²) in [5.74, 6) is 0. The predicted molar refractivity (Wildman–Crippen MR) is 90.3 cm³/mol. The van der Waals surface area contributed by atoms with E-state index in [0.29, 0.717) is 0 Å². The molecule has 21 heavy (non-hydrogen) atoms. The maximum Gasteiger partial charge on any atom is 0.285 e. The van der Waals surface area contributed by atoms with Crippen LogP contribution in [-0.2, 0) is 0 Å². The molecule has 0 radical (unpaired) electrons. The molecule has 0 aliphatic heterocycles. The van der Waals surface area contributed by atoms with Crippen molar-refractivity contribution in [1.29, 1.82) is 0 Å². The van der Waals surface area contributed by atoms with E-state index in [2.05, 4.69) is 47.2 Å². The van der Waals surface area contributed by atoms with Crippen molar-refractivity contribution >= 4 is 50.5 Å². The Hall–Kier alpha value is -1.82. The van der Waals surface area contributed by atoms with Crippen LogP contribution in [0.5, 0.6) is 0 Å². The molecule has 0 unspecified atom stereocenters. The Morgan fingerprint density at radius 3 is 1.52 bits per heavy atom. The lowest BCUT2D eigenvalue weighted by molar-refractivity contribution is 0.586. The first-order chi connectivity index (χ1) is 10.4. The molecule has 0 amide bonds. The van der Waals surface area contributed by atoms with Crippen molar-refractivity contribution in [1.82, 2.24) is 0 Å². The summed E-state index contributed by atoms with van der Waals surface area (Å²) < 4.78 is 14.4.